The lowest BCUT2D eigenvalue weighted by atomic mass is 9.95. The summed E-state index contributed by atoms with van der Waals surface area (Å²) in [6, 6.07) is 7.98. The van der Waals surface area contributed by atoms with E-state index in [2.05, 4.69) is 26.6 Å². The average Bonchev–Trinajstić information content (AvgIpc) is 3.60. The molecule has 44 heavy (non-hydrogen) atoms. The number of allylic oxidation sites excluding steroid dienone is 1. The number of carbonyl (C=O) groups excluding carboxylic acids is 2. The summed E-state index contributed by atoms with van der Waals surface area (Å²) in [5.74, 6) is 0.863. The van der Waals surface area contributed by atoms with Crippen molar-refractivity contribution in [2.75, 3.05) is 65.1 Å². The smallest absolute Gasteiger partial charge is 0.343 e. The maximum atomic E-state index is 14.0. The lowest BCUT2D eigenvalue weighted by Crippen LogP contribution is -2.44. The van der Waals surface area contributed by atoms with Crippen molar-refractivity contribution in [1.29, 1.82) is 0 Å². The molecule has 13 heteroatoms. The second-order valence-corrected chi connectivity index (χ2v) is 11.3. The molecule has 0 saturated carbocycles. The van der Waals surface area contributed by atoms with Gasteiger partial charge in [0.2, 0.25) is 0 Å². The van der Waals surface area contributed by atoms with Crippen LogP contribution in [0.4, 0.5) is 5.88 Å². The van der Waals surface area contributed by atoms with Crippen LogP contribution >= 0.6 is 11.3 Å². The summed E-state index contributed by atoms with van der Waals surface area (Å²) in [6.07, 6.45) is 1.71. The molecule has 2 aromatic heterocycles. The highest BCUT2D eigenvalue weighted by Gasteiger charge is 2.34. The number of ether oxygens (including phenoxy) is 4. The zero-order valence-corrected chi connectivity index (χ0v) is 26.3. The van der Waals surface area contributed by atoms with Crippen molar-refractivity contribution in [3.05, 3.63) is 72.6 Å². The molecule has 0 aliphatic carbocycles. The molecule has 0 radical (unpaired) electrons. The summed E-state index contributed by atoms with van der Waals surface area (Å²) < 4.78 is 29.5. The summed E-state index contributed by atoms with van der Waals surface area (Å²) in [4.78, 5) is 48.5. The fourth-order valence-electron chi connectivity index (χ4n) is 5.13. The van der Waals surface area contributed by atoms with Crippen molar-refractivity contribution in [1.82, 2.24) is 9.47 Å². The van der Waals surface area contributed by atoms with Gasteiger partial charge in [-0.15, -0.1) is 0 Å². The van der Waals surface area contributed by atoms with Gasteiger partial charge in [0.05, 0.1) is 42.2 Å². The third kappa shape index (κ3) is 6.43. The standard InChI is InChI=1S/C31H36N4O8S/c1-6-40-23-16-20(8-10-22(23)42-18-26(36)39-5)28-27(30(38)41-7-2)19(3)32-31-35(28)29(37)24(44-31)17-21-9-11-25(43-21)34-14-12-33(4)13-15-34/h8-11,16-17,28H,6-7,12-15,18H2,1-5H3/b24-17-/t28-/m0/s1. The van der Waals surface area contributed by atoms with Gasteiger partial charge in [-0.3, -0.25) is 9.36 Å². The van der Waals surface area contributed by atoms with Crippen molar-refractivity contribution in [2.45, 2.75) is 26.8 Å². The van der Waals surface area contributed by atoms with Gasteiger partial charge < -0.3 is 33.2 Å². The van der Waals surface area contributed by atoms with Crippen LogP contribution in [0.1, 0.15) is 38.1 Å². The number of carbonyl (C=O) groups is 2. The number of fused-ring (bicyclic) bond motifs is 1. The summed E-state index contributed by atoms with van der Waals surface area (Å²) in [5.41, 5.74) is 0.946. The van der Waals surface area contributed by atoms with E-state index in [9.17, 15) is 14.4 Å². The van der Waals surface area contributed by atoms with Crippen molar-refractivity contribution >= 4 is 35.2 Å². The van der Waals surface area contributed by atoms with Crippen LogP contribution in [-0.4, -0.2) is 81.6 Å². The van der Waals surface area contributed by atoms with Gasteiger partial charge in [-0.05, 0) is 51.6 Å². The SMILES string of the molecule is CCOC(=O)C1=C(C)N=c2s/c(=C\c3ccc(N4CCN(C)CC4)o3)c(=O)n2[C@H]1c1ccc(OCC(=O)OC)c(OCC)c1. The Hall–Kier alpha value is -4.36. The van der Waals surface area contributed by atoms with Crippen LogP contribution in [0, 0.1) is 0 Å². The first-order valence-corrected chi connectivity index (χ1v) is 15.2. The van der Waals surface area contributed by atoms with E-state index in [1.54, 1.807) is 38.1 Å². The quantitative estimate of drug-likeness (QED) is 0.310. The van der Waals surface area contributed by atoms with Gasteiger partial charge in [0.25, 0.3) is 5.56 Å². The highest BCUT2D eigenvalue weighted by molar-refractivity contribution is 7.07. The molecule has 1 aromatic carbocycles. The fraction of sp³-hybridized carbons (Fsp3) is 0.419. The van der Waals surface area contributed by atoms with Crippen molar-refractivity contribution in [3.8, 4) is 11.5 Å². The topological polar surface area (TPSA) is 125 Å². The number of piperazine rings is 1. The number of methoxy groups -OCH3 is 1. The van der Waals surface area contributed by atoms with E-state index in [4.69, 9.17) is 18.6 Å². The van der Waals surface area contributed by atoms with Gasteiger partial charge in [-0.1, -0.05) is 17.4 Å². The number of benzene rings is 1. The molecule has 1 fully saturated rings. The predicted molar refractivity (Wildman–Crippen MR) is 164 cm³/mol. The molecular formula is C31H36N4O8S. The van der Waals surface area contributed by atoms with Crippen LogP contribution < -0.4 is 29.3 Å². The molecule has 1 atom stereocenters. The van der Waals surface area contributed by atoms with E-state index >= 15 is 0 Å². The summed E-state index contributed by atoms with van der Waals surface area (Å²) >= 11 is 1.22. The van der Waals surface area contributed by atoms with Crippen molar-refractivity contribution in [2.24, 2.45) is 4.99 Å². The Morgan fingerprint density at radius 1 is 1.07 bits per heavy atom. The van der Waals surface area contributed by atoms with Crippen LogP contribution in [0.2, 0.25) is 0 Å². The van der Waals surface area contributed by atoms with Gasteiger partial charge in [-0.25, -0.2) is 14.6 Å². The molecule has 4 heterocycles. The number of hydrogen-bond acceptors (Lipinski definition) is 12. The first-order chi connectivity index (χ1) is 21.2. The van der Waals surface area contributed by atoms with Gasteiger partial charge in [0.15, 0.2) is 28.8 Å². The summed E-state index contributed by atoms with van der Waals surface area (Å²) in [7, 11) is 3.37. The number of aromatic nitrogens is 1. The molecule has 0 spiro atoms. The number of hydrogen-bond donors (Lipinski definition) is 0. The first-order valence-electron chi connectivity index (χ1n) is 14.4. The highest BCUT2D eigenvalue weighted by Crippen LogP contribution is 2.36. The van der Waals surface area contributed by atoms with E-state index in [1.165, 1.54) is 23.0 Å². The zero-order valence-electron chi connectivity index (χ0n) is 25.5. The molecule has 0 N–H and O–H groups in total. The molecule has 1 saturated heterocycles. The third-order valence-electron chi connectivity index (χ3n) is 7.37. The minimum atomic E-state index is -0.848. The molecule has 234 valence electrons. The minimum Gasteiger partial charge on any atom is -0.490 e. The second kappa shape index (κ2) is 13.5. The van der Waals surface area contributed by atoms with Gasteiger partial charge >= 0.3 is 11.9 Å². The molecule has 3 aromatic rings. The number of furan rings is 1. The Balaban J connectivity index is 1.58. The minimum absolute atomic E-state index is 0.158. The Morgan fingerprint density at radius 2 is 1.84 bits per heavy atom. The predicted octanol–water partition coefficient (Wildman–Crippen LogP) is 2.09. The Labute approximate surface area is 258 Å². The van der Waals surface area contributed by atoms with Crippen molar-refractivity contribution in [3.63, 3.8) is 0 Å². The van der Waals surface area contributed by atoms with Crippen LogP contribution in [-0.2, 0) is 19.1 Å². The molecule has 2 aliphatic heterocycles. The second-order valence-electron chi connectivity index (χ2n) is 10.3. The lowest BCUT2D eigenvalue weighted by Gasteiger charge is -2.32. The normalized spacial score (nSPS) is 17.2. The molecule has 5 rings (SSSR count). The molecule has 0 unspecified atom stereocenters. The Kier molecular flexibility index (Phi) is 9.55. The van der Waals surface area contributed by atoms with Crippen molar-refractivity contribution < 1.29 is 33.0 Å². The maximum Gasteiger partial charge on any atom is 0.343 e. The largest absolute Gasteiger partial charge is 0.490 e. The Morgan fingerprint density at radius 3 is 2.55 bits per heavy atom. The van der Waals surface area contributed by atoms with Crippen LogP contribution in [0.5, 0.6) is 11.5 Å². The number of rotatable bonds is 10. The zero-order chi connectivity index (χ0) is 31.4. The van der Waals surface area contributed by atoms with E-state index in [-0.39, 0.29) is 24.3 Å². The summed E-state index contributed by atoms with van der Waals surface area (Å²) in [6.45, 7) is 9.04. The molecule has 0 bridgehead atoms. The monoisotopic (exact) mass is 624 g/mol. The van der Waals surface area contributed by atoms with E-state index in [0.29, 0.717) is 44.5 Å². The number of likely N-dealkylation sites (N-methyl/N-ethyl adjacent to an activating group) is 1. The number of anilines is 1. The molecule has 2 aliphatic rings. The van der Waals surface area contributed by atoms with Crippen LogP contribution in [0.15, 0.2) is 55.8 Å². The maximum absolute atomic E-state index is 14.0. The molecule has 0 amide bonds. The number of esters is 2. The fourth-order valence-corrected chi connectivity index (χ4v) is 6.16. The lowest BCUT2D eigenvalue weighted by molar-refractivity contribution is -0.143. The highest BCUT2D eigenvalue weighted by atomic mass is 32.1. The van der Waals surface area contributed by atoms with E-state index in [0.717, 1.165) is 32.1 Å². The first kappa shape index (κ1) is 31.1. The summed E-state index contributed by atoms with van der Waals surface area (Å²) in [5, 5.41) is 0. The molecule has 12 nitrogen and oxygen atoms in total. The van der Waals surface area contributed by atoms with E-state index in [1.807, 2.05) is 19.1 Å². The number of thiazole rings is 1. The third-order valence-corrected chi connectivity index (χ3v) is 8.36. The number of nitrogens with zero attached hydrogens (tertiary/aromatic N) is 4. The molecular weight excluding hydrogens is 588 g/mol. The average molecular weight is 625 g/mol. The van der Waals surface area contributed by atoms with Gasteiger partial charge in [0.1, 0.15) is 5.76 Å². The van der Waals surface area contributed by atoms with Crippen LogP contribution in [0.3, 0.4) is 0 Å². The van der Waals surface area contributed by atoms with E-state index < -0.39 is 18.0 Å². The van der Waals surface area contributed by atoms with Gasteiger partial charge in [0, 0.05) is 38.3 Å². The Bertz CT molecular complexity index is 1750. The van der Waals surface area contributed by atoms with Gasteiger partial charge in [-0.2, -0.15) is 0 Å². The van der Waals surface area contributed by atoms with Crippen LogP contribution in [0.25, 0.3) is 6.08 Å².